The van der Waals surface area contributed by atoms with Crippen LogP contribution in [0.4, 0.5) is 0 Å². The van der Waals surface area contributed by atoms with Crippen molar-refractivity contribution in [2.24, 2.45) is 0 Å². The second-order valence-corrected chi connectivity index (χ2v) is 5.96. The standard InChI is InChI=1S/C10H10ClNO.C8H7NO/c1-6(2)10-12-8-4-3-7(11)5-9(8)13-10;1-6-9-7-4-2-3-5-8(7)10-6/h3-6H,1-2H3;2-5H,1H3. The van der Waals surface area contributed by atoms with E-state index in [2.05, 4.69) is 9.97 Å². The highest BCUT2D eigenvalue weighted by atomic mass is 35.5. The molecule has 0 amide bonds. The van der Waals surface area contributed by atoms with Gasteiger partial charge in [-0.1, -0.05) is 37.6 Å². The van der Waals surface area contributed by atoms with Gasteiger partial charge in [-0.2, -0.15) is 0 Å². The molecule has 2 aromatic heterocycles. The van der Waals surface area contributed by atoms with Gasteiger partial charge in [0.15, 0.2) is 22.9 Å². The van der Waals surface area contributed by atoms with Crippen molar-refractivity contribution >= 4 is 33.8 Å². The van der Waals surface area contributed by atoms with E-state index in [-0.39, 0.29) is 0 Å². The van der Waals surface area contributed by atoms with Crippen molar-refractivity contribution in [3.63, 3.8) is 0 Å². The zero-order valence-electron chi connectivity index (χ0n) is 13.2. The first-order chi connectivity index (χ1) is 11.0. The zero-order valence-corrected chi connectivity index (χ0v) is 14.0. The maximum absolute atomic E-state index is 5.82. The summed E-state index contributed by atoms with van der Waals surface area (Å²) in [6.45, 7) is 5.94. The minimum Gasteiger partial charge on any atom is -0.441 e. The molecule has 23 heavy (non-hydrogen) atoms. The molecule has 0 radical (unpaired) electrons. The van der Waals surface area contributed by atoms with Crippen LogP contribution in [0.15, 0.2) is 51.3 Å². The van der Waals surface area contributed by atoms with E-state index >= 15 is 0 Å². The fourth-order valence-electron chi connectivity index (χ4n) is 2.15. The number of benzene rings is 2. The van der Waals surface area contributed by atoms with Crippen molar-refractivity contribution in [1.29, 1.82) is 0 Å². The molecule has 118 valence electrons. The van der Waals surface area contributed by atoms with Crippen molar-refractivity contribution in [2.75, 3.05) is 0 Å². The minimum atomic E-state index is 0.311. The molecule has 0 atom stereocenters. The number of fused-ring (bicyclic) bond motifs is 2. The van der Waals surface area contributed by atoms with Gasteiger partial charge in [0.1, 0.15) is 11.0 Å². The smallest absolute Gasteiger partial charge is 0.198 e. The van der Waals surface area contributed by atoms with Gasteiger partial charge in [0.2, 0.25) is 0 Å². The number of halogens is 1. The molecule has 4 aromatic rings. The van der Waals surface area contributed by atoms with Crippen LogP contribution >= 0.6 is 11.6 Å². The number of aromatic nitrogens is 2. The second-order valence-electron chi connectivity index (χ2n) is 5.52. The SMILES string of the molecule is CC(C)c1nc2ccc(Cl)cc2o1.Cc1nc2ccccc2o1. The summed E-state index contributed by atoms with van der Waals surface area (Å²) in [6, 6.07) is 13.2. The Morgan fingerprint density at radius 1 is 0.913 bits per heavy atom. The molecule has 4 rings (SSSR count). The predicted octanol–water partition coefficient (Wildman–Crippen LogP) is 5.74. The third-order valence-electron chi connectivity index (χ3n) is 3.26. The third kappa shape index (κ3) is 3.54. The molecule has 0 fully saturated rings. The summed E-state index contributed by atoms with van der Waals surface area (Å²) in [5.74, 6) is 1.80. The Morgan fingerprint density at radius 3 is 2.39 bits per heavy atom. The van der Waals surface area contributed by atoms with E-state index in [4.69, 9.17) is 20.4 Å². The normalized spacial score (nSPS) is 11.0. The van der Waals surface area contributed by atoms with Gasteiger partial charge in [-0.15, -0.1) is 0 Å². The fraction of sp³-hybridized carbons (Fsp3) is 0.222. The second kappa shape index (κ2) is 6.42. The average molecular weight is 329 g/mol. The molecule has 4 nitrogen and oxygen atoms in total. The first-order valence-corrected chi connectivity index (χ1v) is 7.79. The van der Waals surface area contributed by atoms with Crippen LogP contribution in [0.3, 0.4) is 0 Å². The molecule has 0 spiro atoms. The van der Waals surface area contributed by atoms with E-state index in [0.29, 0.717) is 10.9 Å². The van der Waals surface area contributed by atoms with Crippen molar-refractivity contribution in [2.45, 2.75) is 26.7 Å². The lowest BCUT2D eigenvalue weighted by molar-refractivity contribution is 0.501. The van der Waals surface area contributed by atoms with Crippen molar-refractivity contribution in [3.05, 3.63) is 59.3 Å². The van der Waals surface area contributed by atoms with E-state index in [1.54, 1.807) is 6.07 Å². The van der Waals surface area contributed by atoms with E-state index in [1.807, 2.05) is 57.2 Å². The van der Waals surface area contributed by atoms with E-state index in [1.165, 1.54) is 0 Å². The van der Waals surface area contributed by atoms with Crippen LogP contribution in [0, 0.1) is 6.92 Å². The molecule has 0 aliphatic carbocycles. The molecule has 0 aliphatic heterocycles. The Balaban J connectivity index is 0.000000140. The summed E-state index contributed by atoms with van der Waals surface area (Å²) in [5.41, 5.74) is 3.42. The lowest BCUT2D eigenvalue weighted by Gasteiger charge is -1.93. The Labute approximate surface area is 139 Å². The molecular formula is C18H17ClN2O2. The van der Waals surface area contributed by atoms with Gasteiger partial charge in [0, 0.05) is 23.9 Å². The monoisotopic (exact) mass is 328 g/mol. The molecule has 0 unspecified atom stereocenters. The predicted molar refractivity (Wildman–Crippen MR) is 91.9 cm³/mol. The number of oxazole rings is 2. The largest absolute Gasteiger partial charge is 0.441 e. The van der Waals surface area contributed by atoms with E-state index in [9.17, 15) is 0 Å². The van der Waals surface area contributed by atoms with E-state index in [0.717, 1.165) is 34.0 Å². The zero-order chi connectivity index (χ0) is 16.4. The highest BCUT2D eigenvalue weighted by molar-refractivity contribution is 6.31. The number of hydrogen-bond donors (Lipinski definition) is 0. The Kier molecular flexibility index (Phi) is 4.35. The molecule has 0 aliphatic rings. The van der Waals surface area contributed by atoms with Crippen molar-refractivity contribution in [1.82, 2.24) is 9.97 Å². The van der Waals surface area contributed by atoms with Gasteiger partial charge in [-0.25, -0.2) is 9.97 Å². The van der Waals surface area contributed by atoms with Crippen LogP contribution in [-0.4, -0.2) is 9.97 Å². The fourth-order valence-corrected chi connectivity index (χ4v) is 2.31. The Bertz CT molecular complexity index is 907. The average Bonchev–Trinajstić information content (AvgIpc) is 3.09. The van der Waals surface area contributed by atoms with Crippen LogP contribution in [0.1, 0.15) is 31.5 Å². The Morgan fingerprint density at radius 2 is 1.65 bits per heavy atom. The first kappa shape index (κ1) is 15.6. The molecule has 5 heteroatoms. The van der Waals surface area contributed by atoms with Crippen LogP contribution < -0.4 is 0 Å². The lowest BCUT2D eigenvalue weighted by Crippen LogP contribution is -1.84. The van der Waals surface area contributed by atoms with Gasteiger partial charge < -0.3 is 8.83 Å². The van der Waals surface area contributed by atoms with E-state index < -0.39 is 0 Å². The maximum Gasteiger partial charge on any atom is 0.198 e. The Hall–Kier alpha value is -2.33. The molecule has 0 saturated carbocycles. The van der Waals surface area contributed by atoms with Gasteiger partial charge in [0.05, 0.1) is 0 Å². The third-order valence-corrected chi connectivity index (χ3v) is 3.50. The molecule has 0 saturated heterocycles. The molecule has 0 N–H and O–H groups in total. The summed E-state index contributed by atoms with van der Waals surface area (Å²) in [6.07, 6.45) is 0. The number of rotatable bonds is 1. The topological polar surface area (TPSA) is 52.1 Å². The number of nitrogens with zero attached hydrogens (tertiary/aromatic N) is 2. The summed E-state index contributed by atoms with van der Waals surface area (Å²) in [5, 5.41) is 0.680. The number of aryl methyl sites for hydroxylation is 1. The van der Waals surface area contributed by atoms with Crippen LogP contribution in [0.25, 0.3) is 22.2 Å². The summed E-state index contributed by atoms with van der Waals surface area (Å²) in [4.78, 5) is 8.47. The van der Waals surface area contributed by atoms with Gasteiger partial charge in [-0.3, -0.25) is 0 Å². The molecule has 2 heterocycles. The quantitative estimate of drug-likeness (QED) is 0.447. The van der Waals surface area contributed by atoms with Gasteiger partial charge >= 0.3 is 0 Å². The minimum absolute atomic E-state index is 0.311. The lowest BCUT2D eigenvalue weighted by atomic mass is 10.2. The highest BCUT2D eigenvalue weighted by Crippen LogP contribution is 2.23. The van der Waals surface area contributed by atoms with Crippen molar-refractivity contribution < 1.29 is 8.83 Å². The highest BCUT2D eigenvalue weighted by Gasteiger charge is 2.08. The van der Waals surface area contributed by atoms with Crippen LogP contribution in [-0.2, 0) is 0 Å². The molecule has 0 bridgehead atoms. The maximum atomic E-state index is 5.82. The number of para-hydroxylation sites is 2. The van der Waals surface area contributed by atoms with Gasteiger partial charge in [-0.05, 0) is 24.3 Å². The summed E-state index contributed by atoms with van der Waals surface area (Å²) in [7, 11) is 0. The van der Waals surface area contributed by atoms with Crippen LogP contribution in [0.2, 0.25) is 5.02 Å². The summed E-state index contributed by atoms with van der Waals surface area (Å²) >= 11 is 5.82. The van der Waals surface area contributed by atoms with Gasteiger partial charge in [0.25, 0.3) is 0 Å². The van der Waals surface area contributed by atoms with Crippen LogP contribution in [0.5, 0.6) is 0 Å². The number of hydrogen-bond acceptors (Lipinski definition) is 4. The first-order valence-electron chi connectivity index (χ1n) is 7.41. The molecule has 2 aromatic carbocycles. The van der Waals surface area contributed by atoms with Crippen molar-refractivity contribution in [3.8, 4) is 0 Å². The molecular weight excluding hydrogens is 312 g/mol. The summed E-state index contributed by atoms with van der Waals surface area (Å²) < 4.78 is 10.8.